The molecule has 0 bridgehead atoms. The number of ether oxygens (including phenoxy) is 1. The Morgan fingerprint density at radius 2 is 1.90 bits per heavy atom. The third kappa shape index (κ3) is 1.29. The van der Waals surface area contributed by atoms with E-state index in [-0.39, 0.29) is 16.8 Å². The fraction of sp³-hybridized carbons (Fsp3) is 0. The standard InChI is InChI=1S/C15H9NO4/c1-7-16-12-11(19-7)6-5-9-13(18)8-3-2-4-10(17)14(8)20-15(9)12/h2-6,16-17H,1H2. The van der Waals surface area contributed by atoms with Crippen molar-refractivity contribution in [2.45, 2.75) is 0 Å². The highest BCUT2D eigenvalue weighted by Gasteiger charge is 2.22. The van der Waals surface area contributed by atoms with Crippen LogP contribution in [0.25, 0.3) is 21.9 Å². The Morgan fingerprint density at radius 1 is 1.10 bits per heavy atom. The molecule has 5 heteroatoms. The molecular formula is C15H9NO4. The molecule has 98 valence electrons. The lowest BCUT2D eigenvalue weighted by Crippen LogP contribution is -2.02. The van der Waals surface area contributed by atoms with Gasteiger partial charge in [-0.15, -0.1) is 0 Å². The molecule has 5 nitrogen and oxygen atoms in total. The Balaban J connectivity index is 2.24. The molecule has 3 aromatic rings. The molecular weight excluding hydrogens is 258 g/mol. The number of anilines is 1. The van der Waals surface area contributed by atoms with Gasteiger partial charge in [-0.3, -0.25) is 4.79 Å². The highest BCUT2D eigenvalue weighted by Crippen LogP contribution is 2.40. The zero-order chi connectivity index (χ0) is 13.9. The zero-order valence-corrected chi connectivity index (χ0v) is 10.3. The average molecular weight is 267 g/mol. The third-order valence-electron chi connectivity index (χ3n) is 3.30. The topological polar surface area (TPSA) is 71.7 Å². The average Bonchev–Trinajstić information content (AvgIpc) is 2.81. The molecule has 2 heterocycles. The van der Waals surface area contributed by atoms with Crippen molar-refractivity contribution in [2.75, 3.05) is 5.32 Å². The Bertz CT molecular complexity index is 955. The second kappa shape index (κ2) is 3.54. The largest absolute Gasteiger partial charge is 0.504 e. The number of nitrogens with one attached hydrogen (secondary N) is 1. The second-order valence-electron chi connectivity index (χ2n) is 4.55. The molecule has 2 aromatic carbocycles. The molecule has 0 unspecified atom stereocenters. The monoisotopic (exact) mass is 267 g/mol. The first-order valence-corrected chi connectivity index (χ1v) is 6.00. The summed E-state index contributed by atoms with van der Waals surface area (Å²) in [4.78, 5) is 12.5. The Morgan fingerprint density at radius 3 is 2.75 bits per heavy atom. The molecule has 0 amide bonds. The number of hydrogen-bond acceptors (Lipinski definition) is 5. The van der Waals surface area contributed by atoms with Gasteiger partial charge in [0.1, 0.15) is 5.69 Å². The molecule has 20 heavy (non-hydrogen) atoms. The van der Waals surface area contributed by atoms with E-state index in [1.807, 2.05) is 0 Å². The van der Waals surface area contributed by atoms with Gasteiger partial charge in [0, 0.05) is 0 Å². The number of hydrogen-bond donors (Lipinski definition) is 2. The molecule has 0 saturated heterocycles. The van der Waals surface area contributed by atoms with Gasteiger partial charge < -0.3 is 19.6 Å². The van der Waals surface area contributed by atoms with Crippen LogP contribution in [0.2, 0.25) is 0 Å². The van der Waals surface area contributed by atoms with Gasteiger partial charge in [0.25, 0.3) is 0 Å². The quantitative estimate of drug-likeness (QED) is 0.613. The fourth-order valence-corrected chi connectivity index (χ4v) is 2.41. The summed E-state index contributed by atoms with van der Waals surface area (Å²) < 4.78 is 11.1. The molecule has 1 aliphatic heterocycles. The lowest BCUT2D eigenvalue weighted by atomic mass is 10.1. The summed E-state index contributed by atoms with van der Waals surface area (Å²) in [5.74, 6) is 0.838. The van der Waals surface area contributed by atoms with Gasteiger partial charge in [-0.1, -0.05) is 6.07 Å². The summed E-state index contributed by atoms with van der Waals surface area (Å²) in [7, 11) is 0. The summed E-state index contributed by atoms with van der Waals surface area (Å²) >= 11 is 0. The Kier molecular flexibility index (Phi) is 1.93. The predicted molar refractivity (Wildman–Crippen MR) is 75.0 cm³/mol. The smallest absolute Gasteiger partial charge is 0.200 e. The van der Waals surface area contributed by atoms with Crippen LogP contribution in [0.1, 0.15) is 0 Å². The minimum absolute atomic E-state index is 0.0724. The molecule has 1 aliphatic rings. The van der Waals surface area contributed by atoms with E-state index in [4.69, 9.17) is 9.15 Å². The van der Waals surface area contributed by atoms with Crippen molar-refractivity contribution in [1.29, 1.82) is 0 Å². The maximum Gasteiger partial charge on any atom is 0.200 e. The lowest BCUT2D eigenvalue weighted by molar-refractivity contribution is 0.459. The molecule has 0 aliphatic carbocycles. The van der Waals surface area contributed by atoms with Crippen molar-refractivity contribution in [2.24, 2.45) is 0 Å². The van der Waals surface area contributed by atoms with Crippen molar-refractivity contribution in [3.05, 3.63) is 53.0 Å². The number of benzene rings is 2. The van der Waals surface area contributed by atoms with E-state index < -0.39 is 0 Å². The first-order valence-electron chi connectivity index (χ1n) is 6.00. The van der Waals surface area contributed by atoms with E-state index in [2.05, 4.69) is 11.9 Å². The maximum atomic E-state index is 12.5. The summed E-state index contributed by atoms with van der Waals surface area (Å²) in [6.45, 7) is 3.68. The SMILES string of the molecule is C=C1Nc2c(ccc3c(=O)c4cccc(O)c4oc23)O1. The summed E-state index contributed by atoms with van der Waals surface area (Å²) in [6, 6.07) is 8.04. The summed E-state index contributed by atoms with van der Waals surface area (Å²) in [5.41, 5.74) is 0.867. The molecule has 0 fully saturated rings. The van der Waals surface area contributed by atoms with E-state index in [1.165, 1.54) is 6.07 Å². The van der Waals surface area contributed by atoms with Gasteiger partial charge in [-0.05, 0) is 30.8 Å². The zero-order valence-electron chi connectivity index (χ0n) is 10.3. The van der Waals surface area contributed by atoms with Crippen LogP contribution in [0, 0.1) is 0 Å². The highest BCUT2D eigenvalue weighted by molar-refractivity contribution is 6.00. The van der Waals surface area contributed by atoms with Crippen molar-refractivity contribution in [3.8, 4) is 11.5 Å². The van der Waals surface area contributed by atoms with E-state index in [0.29, 0.717) is 33.7 Å². The number of phenols is 1. The van der Waals surface area contributed by atoms with E-state index in [9.17, 15) is 9.90 Å². The van der Waals surface area contributed by atoms with Crippen LogP contribution in [0.5, 0.6) is 11.5 Å². The number of phenolic OH excluding ortho intramolecular Hbond substituents is 1. The third-order valence-corrected chi connectivity index (χ3v) is 3.30. The number of para-hydroxylation sites is 1. The van der Waals surface area contributed by atoms with E-state index in [1.54, 1.807) is 24.3 Å². The van der Waals surface area contributed by atoms with Gasteiger partial charge in [0.2, 0.25) is 5.43 Å². The van der Waals surface area contributed by atoms with Crippen molar-refractivity contribution >= 4 is 27.6 Å². The lowest BCUT2D eigenvalue weighted by Gasteiger charge is -2.05. The minimum Gasteiger partial charge on any atom is -0.504 e. The van der Waals surface area contributed by atoms with Gasteiger partial charge in [-0.2, -0.15) is 0 Å². The summed E-state index contributed by atoms with van der Waals surface area (Å²) in [5, 5.41) is 13.5. The molecule has 2 N–H and O–H groups in total. The maximum absolute atomic E-state index is 12.5. The molecule has 4 rings (SSSR count). The van der Waals surface area contributed by atoms with Gasteiger partial charge in [0.15, 0.2) is 28.5 Å². The Labute approximate surface area is 112 Å². The first-order chi connectivity index (χ1) is 9.65. The van der Waals surface area contributed by atoms with Crippen LogP contribution in [0.15, 0.2) is 52.0 Å². The Hall–Kier alpha value is -2.95. The highest BCUT2D eigenvalue weighted by atomic mass is 16.5. The predicted octanol–water partition coefficient (Wildman–Crippen LogP) is 2.93. The summed E-state index contributed by atoms with van der Waals surface area (Å²) in [6.07, 6.45) is 0. The second-order valence-corrected chi connectivity index (χ2v) is 4.55. The van der Waals surface area contributed by atoms with Crippen molar-refractivity contribution in [3.63, 3.8) is 0 Å². The molecule has 0 radical (unpaired) electrons. The van der Waals surface area contributed by atoms with Crippen LogP contribution in [-0.2, 0) is 0 Å². The van der Waals surface area contributed by atoms with E-state index in [0.717, 1.165) is 0 Å². The molecule has 0 saturated carbocycles. The molecule has 0 spiro atoms. The molecule has 1 aromatic heterocycles. The first kappa shape index (κ1) is 10.9. The van der Waals surface area contributed by atoms with Gasteiger partial charge in [-0.25, -0.2) is 0 Å². The van der Waals surface area contributed by atoms with Gasteiger partial charge >= 0.3 is 0 Å². The van der Waals surface area contributed by atoms with Crippen molar-refractivity contribution in [1.82, 2.24) is 0 Å². The minimum atomic E-state index is -0.195. The normalized spacial score (nSPS) is 13.3. The number of rotatable bonds is 0. The van der Waals surface area contributed by atoms with Crippen LogP contribution in [-0.4, -0.2) is 5.11 Å². The number of aromatic hydroxyl groups is 1. The van der Waals surface area contributed by atoms with Gasteiger partial charge in [0.05, 0.1) is 10.8 Å². The van der Waals surface area contributed by atoms with Crippen LogP contribution >= 0.6 is 0 Å². The molecule has 0 atom stereocenters. The van der Waals surface area contributed by atoms with Crippen LogP contribution < -0.4 is 15.5 Å². The van der Waals surface area contributed by atoms with Crippen LogP contribution in [0.3, 0.4) is 0 Å². The van der Waals surface area contributed by atoms with Crippen molar-refractivity contribution < 1.29 is 14.3 Å². The fourth-order valence-electron chi connectivity index (χ4n) is 2.41. The number of fused-ring (bicyclic) bond motifs is 4. The van der Waals surface area contributed by atoms with Crippen LogP contribution in [0.4, 0.5) is 5.69 Å². The van der Waals surface area contributed by atoms with E-state index >= 15 is 0 Å².